The Hall–Kier alpha value is -2.45. The van der Waals surface area contributed by atoms with Crippen LogP contribution in [-0.4, -0.2) is 34.5 Å². The lowest BCUT2D eigenvalue weighted by molar-refractivity contribution is 0.0954. The minimum atomic E-state index is -3.67. The summed E-state index contributed by atoms with van der Waals surface area (Å²) in [5, 5.41) is 2.52. The fourth-order valence-electron chi connectivity index (χ4n) is 1.93. The highest BCUT2D eigenvalue weighted by atomic mass is 32.2. The van der Waals surface area contributed by atoms with Gasteiger partial charge in [-0.15, -0.1) is 0 Å². The molecule has 0 bridgehead atoms. The highest BCUT2D eigenvalue weighted by Gasteiger charge is 2.13. The van der Waals surface area contributed by atoms with E-state index in [-0.39, 0.29) is 23.5 Å². The van der Waals surface area contributed by atoms with Crippen molar-refractivity contribution in [3.05, 3.63) is 59.9 Å². The number of hydrogen-bond acceptors (Lipinski definition) is 4. The van der Waals surface area contributed by atoms with Gasteiger partial charge in [-0.05, 0) is 42.5 Å². The number of rotatable bonds is 7. The first-order valence-electron chi connectivity index (χ1n) is 7.10. The molecule has 1 amide bonds. The van der Waals surface area contributed by atoms with E-state index in [2.05, 4.69) is 10.0 Å². The molecule has 0 aliphatic heterocycles. The van der Waals surface area contributed by atoms with E-state index in [1.165, 1.54) is 37.4 Å². The molecule has 2 N–H and O–H groups in total. The largest absolute Gasteiger partial charge is 0.497 e. The molecule has 0 spiro atoms. The number of benzene rings is 2. The molecular formula is C16H17FN2O4S. The van der Waals surface area contributed by atoms with E-state index in [9.17, 15) is 17.6 Å². The summed E-state index contributed by atoms with van der Waals surface area (Å²) in [4.78, 5) is 11.9. The lowest BCUT2D eigenvalue weighted by Crippen LogP contribution is -2.34. The van der Waals surface area contributed by atoms with Crippen LogP contribution in [0.3, 0.4) is 0 Å². The third-order valence-corrected chi connectivity index (χ3v) is 4.64. The summed E-state index contributed by atoms with van der Waals surface area (Å²) in [7, 11) is -2.18. The number of halogens is 1. The van der Waals surface area contributed by atoms with Gasteiger partial charge in [0.25, 0.3) is 5.91 Å². The van der Waals surface area contributed by atoms with Crippen LogP contribution in [0.5, 0.6) is 5.75 Å². The minimum absolute atomic E-state index is 0.00934. The van der Waals surface area contributed by atoms with Gasteiger partial charge >= 0.3 is 0 Å². The number of carbonyl (C=O) groups excluding carboxylic acids is 1. The molecule has 128 valence electrons. The number of carbonyl (C=O) groups is 1. The molecule has 6 nitrogen and oxygen atoms in total. The van der Waals surface area contributed by atoms with Crippen LogP contribution >= 0.6 is 0 Å². The van der Waals surface area contributed by atoms with Crippen molar-refractivity contribution in [2.24, 2.45) is 0 Å². The van der Waals surface area contributed by atoms with Crippen molar-refractivity contribution in [2.75, 3.05) is 20.2 Å². The molecule has 2 aromatic rings. The molecule has 0 aliphatic carbocycles. The quantitative estimate of drug-likeness (QED) is 0.741. The topological polar surface area (TPSA) is 84.5 Å². The van der Waals surface area contributed by atoms with Gasteiger partial charge in [0.15, 0.2) is 0 Å². The maximum absolute atomic E-state index is 13.0. The molecule has 0 aromatic heterocycles. The van der Waals surface area contributed by atoms with Gasteiger partial charge in [-0.2, -0.15) is 0 Å². The Balaban J connectivity index is 1.85. The highest BCUT2D eigenvalue weighted by Crippen LogP contribution is 2.14. The fraction of sp³-hybridized carbons (Fsp3) is 0.188. The van der Waals surface area contributed by atoms with Crippen LogP contribution in [0.4, 0.5) is 4.39 Å². The zero-order valence-electron chi connectivity index (χ0n) is 13.0. The van der Waals surface area contributed by atoms with Gasteiger partial charge < -0.3 is 10.1 Å². The van der Waals surface area contributed by atoms with Crippen molar-refractivity contribution in [3.8, 4) is 5.75 Å². The Morgan fingerprint density at radius 2 is 1.83 bits per heavy atom. The van der Waals surface area contributed by atoms with Crippen molar-refractivity contribution in [2.45, 2.75) is 4.90 Å². The van der Waals surface area contributed by atoms with Crippen LogP contribution in [0.2, 0.25) is 0 Å². The van der Waals surface area contributed by atoms with Crippen molar-refractivity contribution < 1.29 is 22.3 Å². The minimum Gasteiger partial charge on any atom is -0.497 e. The van der Waals surface area contributed by atoms with E-state index in [1.807, 2.05) is 0 Å². The second-order valence-corrected chi connectivity index (χ2v) is 6.61. The first-order chi connectivity index (χ1) is 11.4. The summed E-state index contributed by atoms with van der Waals surface area (Å²) in [5.74, 6) is -0.433. The molecule has 0 saturated heterocycles. The van der Waals surface area contributed by atoms with E-state index in [1.54, 1.807) is 12.1 Å². The molecule has 2 rings (SSSR count). The molecule has 0 fully saturated rings. The SMILES string of the molecule is COc1ccc(S(=O)(=O)NCCNC(=O)c2cccc(F)c2)cc1. The van der Waals surface area contributed by atoms with Gasteiger partial charge in [0.1, 0.15) is 11.6 Å². The summed E-state index contributed by atoms with van der Waals surface area (Å²) in [6.07, 6.45) is 0. The number of sulfonamides is 1. The summed E-state index contributed by atoms with van der Waals surface area (Å²) in [6, 6.07) is 11.2. The Bertz CT molecular complexity index is 807. The smallest absolute Gasteiger partial charge is 0.251 e. The number of amides is 1. The molecule has 0 aliphatic rings. The van der Waals surface area contributed by atoms with E-state index in [0.29, 0.717) is 5.75 Å². The third-order valence-electron chi connectivity index (χ3n) is 3.16. The molecular weight excluding hydrogens is 335 g/mol. The van der Waals surface area contributed by atoms with Gasteiger partial charge in [0, 0.05) is 18.7 Å². The molecule has 0 heterocycles. The van der Waals surface area contributed by atoms with Crippen molar-refractivity contribution in [1.82, 2.24) is 10.0 Å². The van der Waals surface area contributed by atoms with Gasteiger partial charge in [0.2, 0.25) is 10.0 Å². The maximum Gasteiger partial charge on any atom is 0.251 e. The predicted octanol–water partition coefficient (Wildman–Crippen LogP) is 1.54. The normalized spacial score (nSPS) is 11.1. The van der Waals surface area contributed by atoms with Crippen LogP contribution in [0.25, 0.3) is 0 Å². The molecule has 0 saturated carbocycles. The average Bonchev–Trinajstić information content (AvgIpc) is 2.58. The molecule has 24 heavy (non-hydrogen) atoms. The van der Waals surface area contributed by atoms with Crippen LogP contribution in [0.1, 0.15) is 10.4 Å². The zero-order chi connectivity index (χ0) is 17.6. The second kappa shape index (κ2) is 7.89. The monoisotopic (exact) mass is 352 g/mol. The Morgan fingerprint density at radius 3 is 2.46 bits per heavy atom. The third kappa shape index (κ3) is 4.77. The fourth-order valence-corrected chi connectivity index (χ4v) is 2.96. The summed E-state index contributed by atoms with van der Waals surface area (Å²) in [6.45, 7) is 0.0835. The molecule has 2 aromatic carbocycles. The predicted molar refractivity (Wildman–Crippen MR) is 86.9 cm³/mol. The molecule has 0 unspecified atom stereocenters. The first-order valence-corrected chi connectivity index (χ1v) is 8.58. The number of hydrogen-bond donors (Lipinski definition) is 2. The molecule has 0 radical (unpaired) electrons. The van der Waals surface area contributed by atoms with Gasteiger partial charge in [0.05, 0.1) is 12.0 Å². The lowest BCUT2D eigenvalue weighted by atomic mass is 10.2. The van der Waals surface area contributed by atoms with Crippen molar-refractivity contribution in [3.63, 3.8) is 0 Å². The summed E-state index contributed by atoms with van der Waals surface area (Å²) in [5.41, 5.74) is 0.174. The van der Waals surface area contributed by atoms with Crippen molar-refractivity contribution in [1.29, 1.82) is 0 Å². The lowest BCUT2D eigenvalue weighted by Gasteiger charge is -2.09. The highest BCUT2D eigenvalue weighted by molar-refractivity contribution is 7.89. The van der Waals surface area contributed by atoms with Crippen molar-refractivity contribution >= 4 is 15.9 Å². The number of nitrogens with one attached hydrogen (secondary N) is 2. The van der Waals surface area contributed by atoms with E-state index >= 15 is 0 Å². The van der Waals surface area contributed by atoms with Gasteiger partial charge in [-0.1, -0.05) is 6.07 Å². The van der Waals surface area contributed by atoms with E-state index < -0.39 is 21.7 Å². The molecule has 0 atom stereocenters. The van der Waals surface area contributed by atoms with Crippen LogP contribution in [0.15, 0.2) is 53.4 Å². The maximum atomic E-state index is 13.0. The van der Waals surface area contributed by atoms with Crippen LogP contribution in [0, 0.1) is 5.82 Å². The Kier molecular flexibility index (Phi) is 5.88. The Labute approximate surface area is 139 Å². The second-order valence-electron chi connectivity index (χ2n) is 4.84. The summed E-state index contributed by atoms with van der Waals surface area (Å²) < 4.78 is 44.5. The number of ether oxygens (including phenoxy) is 1. The summed E-state index contributed by atoms with van der Waals surface area (Å²) >= 11 is 0. The number of methoxy groups -OCH3 is 1. The average molecular weight is 352 g/mol. The first kappa shape index (κ1) is 17.9. The molecule has 8 heteroatoms. The zero-order valence-corrected chi connectivity index (χ0v) is 13.8. The Morgan fingerprint density at radius 1 is 1.12 bits per heavy atom. The van der Waals surface area contributed by atoms with Crippen LogP contribution < -0.4 is 14.8 Å². The van der Waals surface area contributed by atoms with E-state index in [4.69, 9.17) is 4.74 Å². The van der Waals surface area contributed by atoms with Gasteiger partial charge in [-0.3, -0.25) is 4.79 Å². The standard InChI is InChI=1S/C16H17FN2O4S/c1-23-14-5-7-15(8-6-14)24(21,22)19-10-9-18-16(20)12-3-2-4-13(17)11-12/h2-8,11,19H,9-10H2,1H3,(H,18,20). The van der Waals surface area contributed by atoms with Gasteiger partial charge in [-0.25, -0.2) is 17.5 Å². The van der Waals surface area contributed by atoms with E-state index in [0.717, 1.165) is 6.07 Å². The van der Waals surface area contributed by atoms with Crippen LogP contribution in [-0.2, 0) is 10.0 Å².